The molecule has 0 radical (unpaired) electrons. The van der Waals surface area contributed by atoms with Gasteiger partial charge in [-0.2, -0.15) is 0 Å². The molecule has 0 bridgehead atoms. The number of nitrogens with zero attached hydrogens (tertiary/aromatic N) is 4. The van der Waals surface area contributed by atoms with E-state index in [1.54, 1.807) is 20.0 Å². The van der Waals surface area contributed by atoms with Gasteiger partial charge < -0.3 is 4.42 Å². The van der Waals surface area contributed by atoms with Crippen LogP contribution in [-0.2, 0) is 11.8 Å². The van der Waals surface area contributed by atoms with Crippen molar-refractivity contribution >= 4 is 11.9 Å². The highest BCUT2D eigenvalue weighted by Gasteiger charge is 2.20. The second-order valence-electron chi connectivity index (χ2n) is 3.79. The number of tetrazole rings is 1. The molecule has 2 rings (SSSR count). The maximum atomic E-state index is 11.9. The molecule has 7 nitrogen and oxygen atoms in total. The molecule has 1 N–H and O–H groups in total. The summed E-state index contributed by atoms with van der Waals surface area (Å²) in [5, 5.41) is 13.4. The Kier molecular flexibility index (Phi) is 2.90. The molecule has 0 aromatic carbocycles. The number of amides is 1. The summed E-state index contributed by atoms with van der Waals surface area (Å²) in [5.41, 5.74) is 0. The molecular formula is C10H13N5O2. The summed E-state index contributed by atoms with van der Waals surface area (Å²) in [6.45, 7) is 3.60. The van der Waals surface area contributed by atoms with Crippen LogP contribution in [0.15, 0.2) is 16.5 Å². The first-order valence-electron chi connectivity index (χ1n) is 5.17. The van der Waals surface area contributed by atoms with E-state index in [2.05, 4.69) is 20.8 Å². The summed E-state index contributed by atoms with van der Waals surface area (Å²) in [6, 6.07) is 3.61. The minimum absolute atomic E-state index is 0.211. The molecule has 7 heteroatoms. The standard InChI is InChI=1S/C10H13N5O2/c1-6-4-5-8(17-6)7(2)9(16)11-10-12-13-14-15(10)3/h4-5,7H,1-3H3,(H,11,12,14,16). The Morgan fingerprint density at radius 2 is 2.29 bits per heavy atom. The molecular weight excluding hydrogens is 222 g/mol. The van der Waals surface area contributed by atoms with Crippen LogP contribution in [0.3, 0.4) is 0 Å². The van der Waals surface area contributed by atoms with Crippen molar-refractivity contribution in [2.24, 2.45) is 7.05 Å². The molecule has 0 aliphatic carbocycles. The molecule has 90 valence electrons. The van der Waals surface area contributed by atoms with E-state index >= 15 is 0 Å². The maximum Gasteiger partial charge on any atom is 0.249 e. The van der Waals surface area contributed by atoms with E-state index in [1.807, 2.05) is 13.0 Å². The highest BCUT2D eigenvalue weighted by atomic mass is 16.3. The second-order valence-corrected chi connectivity index (χ2v) is 3.79. The lowest BCUT2D eigenvalue weighted by molar-refractivity contribution is -0.117. The summed E-state index contributed by atoms with van der Waals surface area (Å²) in [5.74, 6) is 1.11. The van der Waals surface area contributed by atoms with Crippen LogP contribution in [0.5, 0.6) is 0 Å². The van der Waals surface area contributed by atoms with Crippen LogP contribution < -0.4 is 5.32 Å². The van der Waals surface area contributed by atoms with Gasteiger partial charge in [-0.25, -0.2) is 4.68 Å². The van der Waals surface area contributed by atoms with E-state index < -0.39 is 0 Å². The van der Waals surface area contributed by atoms with Crippen molar-refractivity contribution in [1.29, 1.82) is 0 Å². The van der Waals surface area contributed by atoms with Crippen molar-refractivity contribution in [3.63, 3.8) is 0 Å². The van der Waals surface area contributed by atoms with E-state index in [4.69, 9.17) is 4.42 Å². The van der Waals surface area contributed by atoms with Gasteiger partial charge in [0.25, 0.3) is 0 Å². The first-order chi connectivity index (χ1) is 8.08. The maximum absolute atomic E-state index is 11.9. The molecule has 0 fully saturated rings. The monoisotopic (exact) mass is 235 g/mol. The molecule has 0 aliphatic heterocycles. The number of aromatic nitrogens is 4. The number of anilines is 1. The topological polar surface area (TPSA) is 85.8 Å². The molecule has 0 spiro atoms. The van der Waals surface area contributed by atoms with Gasteiger partial charge in [0, 0.05) is 7.05 Å². The Bertz CT molecular complexity index is 530. The van der Waals surface area contributed by atoms with E-state index in [0.717, 1.165) is 5.76 Å². The lowest BCUT2D eigenvalue weighted by Crippen LogP contribution is -2.20. The average Bonchev–Trinajstić information content (AvgIpc) is 2.88. The molecule has 0 saturated heterocycles. The van der Waals surface area contributed by atoms with Crippen LogP contribution in [0.4, 0.5) is 5.95 Å². The fraction of sp³-hybridized carbons (Fsp3) is 0.400. The number of nitrogens with one attached hydrogen (secondary N) is 1. The lowest BCUT2D eigenvalue weighted by atomic mass is 10.1. The summed E-state index contributed by atoms with van der Waals surface area (Å²) in [7, 11) is 1.65. The van der Waals surface area contributed by atoms with Gasteiger partial charge in [-0.05, 0) is 36.4 Å². The van der Waals surface area contributed by atoms with Gasteiger partial charge >= 0.3 is 0 Å². The number of rotatable bonds is 3. The number of furan rings is 1. The zero-order valence-electron chi connectivity index (χ0n) is 9.84. The van der Waals surface area contributed by atoms with E-state index in [9.17, 15) is 4.79 Å². The van der Waals surface area contributed by atoms with E-state index in [0.29, 0.717) is 11.7 Å². The van der Waals surface area contributed by atoms with Crippen molar-refractivity contribution in [2.75, 3.05) is 5.32 Å². The van der Waals surface area contributed by atoms with E-state index in [-0.39, 0.29) is 11.8 Å². The normalized spacial score (nSPS) is 12.4. The summed E-state index contributed by atoms with van der Waals surface area (Å²) in [4.78, 5) is 11.9. The van der Waals surface area contributed by atoms with Crippen LogP contribution >= 0.6 is 0 Å². The molecule has 17 heavy (non-hydrogen) atoms. The van der Waals surface area contributed by atoms with Crippen LogP contribution in [0.2, 0.25) is 0 Å². The summed E-state index contributed by atoms with van der Waals surface area (Å²) < 4.78 is 6.78. The van der Waals surface area contributed by atoms with Gasteiger partial charge in [0.1, 0.15) is 11.5 Å². The highest BCUT2D eigenvalue weighted by molar-refractivity contribution is 5.93. The predicted molar refractivity (Wildman–Crippen MR) is 59.3 cm³/mol. The number of hydrogen-bond acceptors (Lipinski definition) is 5. The van der Waals surface area contributed by atoms with Gasteiger partial charge in [-0.1, -0.05) is 5.10 Å². The average molecular weight is 235 g/mol. The van der Waals surface area contributed by atoms with Crippen LogP contribution in [0.1, 0.15) is 24.4 Å². The third-order valence-corrected chi connectivity index (χ3v) is 2.44. The molecule has 1 unspecified atom stereocenters. The Labute approximate surface area is 97.8 Å². The zero-order valence-corrected chi connectivity index (χ0v) is 9.84. The fourth-order valence-corrected chi connectivity index (χ4v) is 1.37. The zero-order chi connectivity index (χ0) is 12.4. The van der Waals surface area contributed by atoms with Crippen LogP contribution in [0, 0.1) is 6.92 Å². The third kappa shape index (κ3) is 2.32. The van der Waals surface area contributed by atoms with Gasteiger partial charge in [0.2, 0.25) is 11.9 Å². The Balaban J connectivity index is 2.08. The molecule has 2 heterocycles. The lowest BCUT2D eigenvalue weighted by Gasteiger charge is -2.08. The number of carbonyl (C=O) groups is 1. The molecule has 1 atom stereocenters. The van der Waals surface area contributed by atoms with Crippen LogP contribution in [0.25, 0.3) is 0 Å². The summed E-state index contributed by atoms with van der Waals surface area (Å²) >= 11 is 0. The highest BCUT2D eigenvalue weighted by Crippen LogP contribution is 2.19. The minimum Gasteiger partial charge on any atom is -0.466 e. The third-order valence-electron chi connectivity index (χ3n) is 2.44. The van der Waals surface area contributed by atoms with Crippen molar-refractivity contribution in [1.82, 2.24) is 20.2 Å². The number of carbonyl (C=O) groups excluding carboxylic acids is 1. The van der Waals surface area contributed by atoms with Crippen molar-refractivity contribution in [3.8, 4) is 0 Å². The molecule has 0 saturated carbocycles. The van der Waals surface area contributed by atoms with Crippen molar-refractivity contribution in [2.45, 2.75) is 19.8 Å². The van der Waals surface area contributed by atoms with Gasteiger partial charge in [-0.3, -0.25) is 10.1 Å². The minimum atomic E-state index is -0.389. The number of aryl methyl sites for hydroxylation is 2. The summed E-state index contributed by atoms with van der Waals surface area (Å²) in [6.07, 6.45) is 0. The predicted octanol–water partition coefficient (Wildman–Crippen LogP) is 0.854. The molecule has 0 aliphatic rings. The fourth-order valence-electron chi connectivity index (χ4n) is 1.37. The van der Waals surface area contributed by atoms with Gasteiger partial charge in [0.15, 0.2) is 0 Å². The SMILES string of the molecule is Cc1ccc(C(C)C(=O)Nc2nnnn2C)o1. The van der Waals surface area contributed by atoms with Crippen molar-refractivity contribution < 1.29 is 9.21 Å². The van der Waals surface area contributed by atoms with E-state index in [1.165, 1.54) is 4.68 Å². The van der Waals surface area contributed by atoms with Gasteiger partial charge in [0.05, 0.1) is 5.92 Å². The molecule has 1 amide bonds. The van der Waals surface area contributed by atoms with Crippen LogP contribution in [-0.4, -0.2) is 26.1 Å². The number of hydrogen-bond donors (Lipinski definition) is 1. The molecule has 2 aromatic rings. The Hall–Kier alpha value is -2.18. The van der Waals surface area contributed by atoms with Crippen molar-refractivity contribution in [3.05, 3.63) is 23.7 Å². The quantitative estimate of drug-likeness (QED) is 0.852. The first kappa shape index (κ1) is 11.3. The smallest absolute Gasteiger partial charge is 0.249 e. The van der Waals surface area contributed by atoms with Gasteiger partial charge in [-0.15, -0.1) is 0 Å². The first-order valence-corrected chi connectivity index (χ1v) is 5.17. The second kappa shape index (κ2) is 4.36. The molecule has 2 aromatic heterocycles. The largest absolute Gasteiger partial charge is 0.466 e. The Morgan fingerprint density at radius 1 is 1.53 bits per heavy atom. The Morgan fingerprint density at radius 3 is 2.82 bits per heavy atom.